The molecule has 0 aliphatic carbocycles. The standard InChI is InChI=1S/C10H19N5O4S2/c1-2-20(16,17)14-8-3-5-15(6-4-8)21(18,19)9-7-12-13-10(9)11/h7-8,14H,2-6H2,1H3,(H3,11,12,13). The molecule has 0 atom stereocenters. The van der Waals surface area contributed by atoms with Crippen molar-refractivity contribution in [3.63, 3.8) is 0 Å². The second-order valence-corrected chi connectivity index (χ2v) is 8.80. The molecule has 0 spiro atoms. The molecule has 1 aromatic heterocycles. The number of hydrogen-bond acceptors (Lipinski definition) is 6. The Kier molecular flexibility index (Phi) is 4.56. The van der Waals surface area contributed by atoms with E-state index in [1.54, 1.807) is 6.92 Å². The number of anilines is 1. The van der Waals surface area contributed by atoms with Crippen LogP contribution in [0.1, 0.15) is 19.8 Å². The molecule has 2 rings (SSSR count). The third-order valence-electron chi connectivity index (χ3n) is 3.43. The molecule has 1 saturated heterocycles. The van der Waals surface area contributed by atoms with E-state index in [1.165, 1.54) is 10.5 Å². The molecule has 0 bridgehead atoms. The van der Waals surface area contributed by atoms with Crippen LogP contribution in [0.3, 0.4) is 0 Å². The minimum Gasteiger partial charge on any atom is -0.383 e. The number of nitrogens with two attached hydrogens (primary N) is 1. The molecule has 120 valence electrons. The number of aromatic nitrogens is 2. The average molecular weight is 337 g/mol. The Morgan fingerprint density at radius 3 is 2.48 bits per heavy atom. The van der Waals surface area contributed by atoms with Crippen LogP contribution in [0.2, 0.25) is 0 Å². The van der Waals surface area contributed by atoms with Crippen LogP contribution in [0.15, 0.2) is 11.1 Å². The minimum absolute atomic E-state index is 0.00353. The van der Waals surface area contributed by atoms with Gasteiger partial charge in [0.15, 0.2) is 0 Å². The average Bonchev–Trinajstić information content (AvgIpc) is 2.86. The summed E-state index contributed by atoms with van der Waals surface area (Å²) < 4.78 is 51.6. The molecule has 4 N–H and O–H groups in total. The van der Waals surface area contributed by atoms with Gasteiger partial charge in [-0.2, -0.15) is 9.40 Å². The van der Waals surface area contributed by atoms with Gasteiger partial charge in [-0.25, -0.2) is 21.6 Å². The van der Waals surface area contributed by atoms with Crippen molar-refractivity contribution in [2.45, 2.75) is 30.7 Å². The Labute approximate surface area is 124 Å². The Morgan fingerprint density at radius 2 is 2.00 bits per heavy atom. The number of nitrogen functional groups attached to an aromatic ring is 1. The fraction of sp³-hybridized carbons (Fsp3) is 0.700. The first kappa shape index (κ1) is 16.2. The largest absolute Gasteiger partial charge is 0.383 e. The van der Waals surface area contributed by atoms with E-state index in [1.807, 2.05) is 0 Å². The highest BCUT2D eigenvalue weighted by molar-refractivity contribution is 7.89. The van der Waals surface area contributed by atoms with E-state index >= 15 is 0 Å². The molecule has 21 heavy (non-hydrogen) atoms. The van der Waals surface area contributed by atoms with E-state index < -0.39 is 20.0 Å². The monoisotopic (exact) mass is 337 g/mol. The first-order chi connectivity index (χ1) is 9.76. The summed E-state index contributed by atoms with van der Waals surface area (Å²) in [5.41, 5.74) is 5.55. The molecule has 9 nitrogen and oxygen atoms in total. The van der Waals surface area contributed by atoms with Crippen molar-refractivity contribution < 1.29 is 16.8 Å². The molecule has 1 aliphatic heterocycles. The molecule has 0 radical (unpaired) electrons. The normalized spacial score (nSPS) is 18.9. The molecule has 1 aromatic rings. The van der Waals surface area contributed by atoms with Crippen molar-refractivity contribution in [3.05, 3.63) is 6.20 Å². The van der Waals surface area contributed by atoms with Gasteiger partial charge in [0, 0.05) is 19.1 Å². The van der Waals surface area contributed by atoms with Gasteiger partial charge in [0.1, 0.15) is 10.7 Å². The van der Waals surface area contributed by atoms with E-state index in [0.717, 1.165) is 0 Å². The van der Waals surface area contributed by atoms with Gasteiger partial charge < -0.3 is 5.73 Å². The van der Waals surface area contributed by atoms with Gasteiger partial charge in [0.2, 0.25) is 20.0 Å². The first-order valence-corrected chi connectivity index (χ1v) is 9.64. The molecule has 0 aromatic carbocycles. The zero-order valence-corrected chi connectivity index (χ0v) is 13.2. The molecule has 1 fully saturated rings. The topological polar surface area (TPSA) is 138 Å². The molecule has 11 heteroatoms. The van der Waals surface area contributed by atoms with Crippen LogP contribution in [0.4, 0.5) is 5.82 Å². The van der Waals surface area contributed by atoms with Gasteiger partial charge in [-0.05, 0) is 19.8 Å². The maximum Gasteiger partial charge on any atom is 0.248 e. The van der Waals surface area contributed by atoms with Crippen LogP contribution in [0.25, 0.3) is 0 Å². The van der Waals surface area contributed by atoms with Crippen molar-refractivity contribution in [1.29, 1.82) is 0 Å². The van der Waals surface area contributed by atoms with Crippen LogP contribution in [0, 0.1) is 0 Å². The maximum atomic E-state index is 12.4. The molecular formula is C10H19N5O4S2. The van der Waals surface area contributed by atoms with Crippen LogP contribution in [-0.4, -0.2) is 56.2 Å². The van der Waals surface area contributed by atoms with Crippen LogP contribution in [0.5, 0.6) is 0 Å². The molecule has 1 aliphatic rings. The lowest BCUT2D eigenvalue weighted by Crippen LogP contribution is -2.46. The Hall–Kier alpha value is -1.17. The van der Waals surface area contributed by atoms with E-state index in [4.69, 9.17) is 5.73 Å². The van der Waals surface area contributed by atoms with Gasteiger partial charge >= 0.3 is 0 Å². The van der Waals surface area contributed by atoms with Gasteiger partial charge in [-0.1, -0.05) is 0 Å². The van der Waals surface area contributed by atoms with Crippen molar-refractivity contribution >= 4 is 25.9 Å². The summed E-state index contributed by atoms with van der Waals surface area (Å²) in [7, 11) is -6.96. The number of hydrogen-bond donors (Lipinski definition) is 3. The maximum absolute atomic E-state index is 12.4. The van der Waals surface area contributed by atoms with E-state index in [9.17, 15) is 16.8 Å². The summed E-state index contributed by atoms with van der Waals surface area (Å²) >= 11 is 0. The smallest absolute Gasteiger partial charge is 0.248 e. The highest BCUT2D eigenvalue weighted by Gasteiger charge is 2.32. The van der Waals surface area contributed by atoms with E-state index in [-0.39, 0.29) is 35.6 Å². The Bertz CT molecular complexity index is 689. The van der Waals surface area contributed by atoms with Crippen molar-refractivity contribution in [2.24, 2.45) is 0 Å². The highest BCUT2D eigenvalue weighted by Crippen LogP contribution is 2.23. The number of H-pyrrole nitrogens is 1. The fourth-order valence-electron chi connectivity index (χ4n) is 2.18. The van der Waals surface area contributed by atoms with E-state index in [2.05, 4.69) is 14.9 Å². The second kappa shape index (κ2) is 5.91. The lowest BCUT2D eigenvalue weighted by atomic mass is 10.1. The Morgan fingerprint density at radius 1 is 1.38 bits per heavy atom. The van der Waals surface area contributed by atoms with Gasteiger partial charge in [-0.15, -0.1) is 0 Å². The zero-order valence-electron chi connectivity index (χ0n) is 11.6. The van der Waals surface area contributed by atoms with Crippen LogP contribution in [-0.2, 0) is 20.0 Å². The van der Waals surface area contributed by atoms with Crippen LogP contribution < -0.4 is 10.5 Å². The lowest BCUT2D eigenvalue weighted by Gasteiger charge is -2.31. The number of piperidine rings is 1. The fourth-order valence-corrected chi connectivity index (χ4v) is 4.57. The van der Waals surface area contributed by atoms with E-state index in [0.29, 0.717) is 12.8 Å². The second-order valence-electron chi connectivity index (χ2n) is 4.85. The summed E-state index contributed by atoms with van der Waals surface area (Å²) in [4.78, 5) is -0.0462. The van der Waals surface area contributed by atoms with Gasteiger partial charge in [0.25, 0.3) is 0 Å². The SMILES string of the molecule is CCS(=O)(=O)NC1CCN(S(=O)(=O)c2cn[nH]c2N)CC1. The number of rotatable bonds is 5. The minimum atomic E-state index is -3.68. The van der Waals surface area contributed by atoms with Crippen molar-refractivity contribution in [2.75, 3.05) is 24.6 Å². The summed E-state index contributed by atoms with van der Waals surface area (Å²) in [6.45, 7) is 2.04. The molecular weight excluding hydrogens is 318 g/mol. The van der Waals surface area contributed by atoms with Crippen molar-refractivity contribution in [1.82, 2.24) is 19.2 Å². The summed E-state index contributed by atoms with van der Waals surface area (Å²) in [5.74, 6) is 0.0145. The number of aromatic amines is 1. The highest BCUT2D eigenvalue weighted by atomic mass is 32.2. The molecule has 0 amide bonds. The molecule has 0 saturated carbocycles. The zero-order chi connectivity index (χ0) is 15.7. The number of nitrogens with one attached hydrogen (secondary N) is 2. The predicted octanol–water partition coefficient (Wildman–Crippen LogP) is -0.916. The quantitative estimate of drug-likeness (QED) is 0.635. The number of sulfonamides is 2. The third kappa shape index (κ3) is 3.54. The Balaban J connectivity index is 2.03. The lowest BCUT2D eigenvalue weighted by molar-refractivity contribution is 0.308. The first-order valence-electron chi connectivity index (χ1n) is 6.55. The third-order valence-corrected chi connectivity index (χ3v) is 6.81. The molecule has 0 unspecified atom stereocenters. The van der Waals surface area contributed by atoms with Crippen molar-refractivity contribution in [3.8, 4) is 0 Å². The van der Waals surface area contributed by atoms with Gasteiger partial charge in [0.05, 0.1) is 11.9 Å². The summed E-state index contributed by atoms with van der Waals surface area (Å²) in [6.07, 6.45) is 2.03. The predicted molar refractivity (Wildman–Crippen MR) is 77.4 cm³/mol. The number of nitrogens with zero attached hydrogens (tertiary/aromatic N) is 2. The van der Waals surface area contributed by atoms with Gasteiger partial charge in [-0.3, -0.25) is 5.10 Å². The van der Waals surface area contributed by atoms with Crippen LogP contribution >= 0.6 is 0 Å². The molecule has 2 heterocycles. The summed E-state index contributed by atoms with van der Waals surface area (Å²) in [6, 6.07) is -0.233. The summed E-state index contributed by atoms with van der Waals surface area (Å²) in [5, 5.41) is 6.00.